The maximum Gasteiger partial charge on any atom is 0.0796 e. The molecule has 0 heterocycles. The van der Waals surface area contributed by atoms with E-state index in [1.807, 2.05) is 13.8 Å². The molecule has 0 saturated carbocycles. The van der Waals surface area contributed by atoms with Crippen LogP contribution in [0.4, 0.5) is 0 Å². The van der Waals surface area contributed by atoms with Crippen molar-refractivity contribution in [1.82, 2.24) is 0 Å². The van der Waals surface area contributed by atoms with Crippen molar-refractivity contribution in [2.45, 2.75) is 39.9 Å². The van der Waals surface area contributed by atoms with E-state index in [1.165, 1.54) is 11.1 Å². The van der Waals surface area contributed by atoms with Gasteiger partial charge in [0.25, 0.3) is 0 Å². The van der Waals surface area contributed by atoms with Gasteiger partial charge < -0.3 is 9.47 Å². The lowest BCUT2D eigenvalue weighted by Crippen LogP contribution is -2.03. The van der Waals surface area contributed by atoms with E-state index in [0.717, 1.165) is 13.2 Å². The first kappa shape index (κ1) is 13.2. The minimum atomic E-state index is 0.152. The molecule has 0 radical (unpaired) electrons. The highest BCUT2D eigenvalue weighted by Crippen LogP contribution is 2.22. The summed E-state index contributed by atoms with van der Waals surface area (Å²) in [7, 11) is 0. The predicted molar refractivity (Wildman–Crippen MR) is 66.5 cm³/mol. The second kappa shape index (κ2) is 6.66. The summed E-state index contributed by atoms with van der Waals surface area (Å²) in [6.07, 6.45) is 0.303. The molecular weight excluding hydrogens is 200 g/mol. The fourth-order valence-electron chi connectivity index (χ4n) is 1.76. The molecule has 0 bridgehead atoms. The molecule has 0 saturated heterocycles. The lowest BCUT2D eigenvalue weighted by Gasteiger charge is -2.16. The van der Waals surface area contributed by atoms with Gasteiger partial charge in [-0.25, -0.2) is 0 Å². The predicted octanol–water partition coefficient (Wildman–Crippen LogP) is 3.88. The molecule has 1 aromatic carbocycles. The summed E-state index contributed by atoms with van der Waals surface area (Å²) < 4.78 is 11.2. The third-order valence-electron chi connectivity index (χ3n) is 2.68. The zero-order chi connectivity index (χ0) is 12.0. The number of hydrogen-bond donors (Lipinski definition) is 0. The van der Waals surface area contributed by atoms with Crippen molar-refractivity contribution < 1.29 is 9.47 Å². The second-order valence-electron chi connectivity index (χ2n) is 3.87. The standard InChI is InChI=1S/C14H22O2/c1-5-15-11(3)13-8-7-9-14(10-13)12(4)16-6-2/h7-12H,5-6H2,1-4H3/t11-,12-/m0/s1. The first-order valence-electron chi connectivity index (χ1n) is 6.02. The largest absolute Gasteiger partial charge is 0.374 e. The highest BCUT2D eigenvalue weighted by molar-refractivity contribution is 5.26. The highest BCUT2D eigenvalue weighted by Gasteiger charge is 2.09. The van der Waals surface area contributed by atoms with Crippen LogP contribution in [0, 0.1) is 0 Å². The quantitative estimate of drug-likeness (QED) is 0.727. The maximum absolute atomic E-state index is 5.58. The number of benzene rings is 1. The molecule has 16 heavy (non-hydrogen) atoms. The van der Waals surface area contributed by atoms with Crippen LogP contribution in [0.25, 0.3) is 0 Å². The molecule has 0 N–H and O–H groups in total. The van der Waals surface area contributed by atoms with Crippen molar-refractivity contribution in [2.75, 3.05) is 13.2 Å². The van der Waals surface area contributed by atoms with Crippen LogP contribution in [0.2, 0.25) is 0 Å². The smallest absolute Gasteiger partial charge is 0.0796 e. The van der Waals surface area contributed by atoms with Crippen molar-refractivity contribution in [1.29, 1.82) is 0 Å². The molecule has 2 heteroatoms. The van der Waals surface area contributed by atoms with Crippen molar-refractivity contribution in [2.24, 2.45) is 0 Å². The molecule has 0 aliphatic rings. The Labute approximate surface area is 98.6 Å². The summed E-state index contributed by atoms with van der Waals surface area (Å²) in [5.41, 5.74) is 2.43. The Kier molecular flexibility index (Phi) is 5.50. The van der Waals surface area contributed by atoms with Gasteiger partial charge in [-0.15, -0.1) is 0 Å². The SMILES string of the molecule is CCO[C@@H](C)c1cccc([C@H](C)OCC)c1. The average molecular weight is 222 g/mol. The Balaban J connectivity index is 2.77. The Morgan fingerprint density at radius 3 is 1.75 bits per heavy atom. The van der Waals surface area contributed by atoms with Crippen LogP contribution in [0.1, 0.15) is 51.0 Å². The van der Waals surface area contributed by atoms with Crippen LogP contribution >= 0.6 is 0 Å². The molecule has 0 aliphatic heterocycles. The Morgan fingerprint density at radius 1 is 0.938 bits per heavy atom. The van der Waals surface area contributed by atoms with Crippen molar-refractivity contribution in [3.05, 3.63) is 35.4 Å². The van der Waals surface area contributed by atoms with Gasteiger partial charge in [-0.3, -0.25) is 0 Å². The fourth-order valence-corrected chi connectivity index (χ4v) is 1.76. The summed E-state index contributed by atoms with van der Waals surface area (Å²) in [6, 6.07) is 8.43. The lowest BCUT2D eigenvalue weighted by atomic mass is 10.0. The van der Waals surface area contributed by atoms with Crippen molar-refractivity contribution in [3.63, 3.8) is 0 Å². The second-order valence-corrected chi connectivity index (χ2v) is 3.87. The van der Waals surface area contributed by atoms with Crippen LogP contribution in [-0.4, -0.2) is 13.2 Å². The first-order chi connectivity index (χ1) is 7.69. The molecule has 1 aromatic rings. The van der Waals surface area contributed by atoms with E-state index in [9.17, 15) is 0 Å². The molecule has 0 amide bonds. The molecule has 0 fully saturated rings. The van der Waals surface area contributed by atoms with E-state index >= 15 is 0 Å². The van der Waals surface area contributed by atoms with Gasteiger partial charge in [0.2, 0.25) is 0 Å². The molecule has 2 atom stereocenters. The maximum atomic E-state index is 5.58. The van der Waals surface area contributed by atoms with Crippen molar-refractivity contribution >= 4 is 0 Å². The number of rotatable bonds is 6. The van der Waals surface area contributed by atoms with Gasteiger partial charge in [-0.05, 0) is 38.8 Å². The van der Waals surface area contributed by atoms with Crippen LogP contribution < -0.4 is 0 Å². The van der Waals surface area contributed by atoms with Gasteiger partial charge in [0.15, 0.2) is 0 Å². The van der Waals surface area contributed by atoms with E-state index in [4.69, 9.17) is 9.47 Å². The minimum absolute atomic E-state index is 0.152. The lowest BCUT2D eigenvalue weighted by molar-refractivity contribution is 0.0718. The Morgan fingerprint density at radius 2 is 1.38 bits per heavy atom. The molecule has 1 rings (SSSR count). The Bertz CT molecular complexity index is 282. The zero-order valence-electron chi connectivity index (χ0n) is 10.7. The zero-order valence-corrected chi connectivity index (χ0v) is 10.7. The number of hydrogen-bond acceptors (Lipinski definition) is 2. The molecule has 0 aromatic heterocycles. The van der Waals surface area contributed by atoms with Crippen molar-refractivity contribution in [3.8, 4) is 0 Å². The first-order valence-corrected chi connectivity index (χ1v) is 6.02. The summed E-state index contributed by atoms with van der Waals surface area (Å²) in [6.45, 7) is 9.67. The van der Waals surface area contributed by atoms with Crippen LogP contribution in [0.3, 0.4) is 0 Å². The minimum Gasteiger partial charge on any atom is -0.374 e. The molecule has 0 unspecified atom stereocenters. The van der Waals surface area contributed by atoms with Crippen LogP contribution in [-0.2, 0) is 9.47 Å². The fraction of sp³-hybridized carbons (Fsp3) is 0.571. The monoisotopic (exact) mass is 222 g/mol. The highest BCUT2D eigenvalue weighted by atomic mass is 16.5. The van der Waals surface area contributed by atoms with Gasteiger partial charge in [0, 0.05) is 13.2 Å². The van der Waals surface area contributed by atoms with Gasteiger partial charge in [0.1, 0.15) is 0 Å². The summed E-state index contributed by atoms with van der Waals surface area (Å²) in [5, 5.41) is 0. The van der Waals surface area contributed by atoms with E-state index in [2.05, 4.69) is 38.1 Å². The molecule has 90 valence electrons. The topological polar surface area (TPSA) is 18.5 Å². The van der Waals surface area contributed by atoms with Gasteiger partial charge in [-0.2, -0.15) is 0 Å². The summed E-state index contributed by atoms with van der Waals surface area (Å²) in [5.74, 6) is 0. The molecule has 0 aliphatic carbocycles. The molecule has 2 nitrogen and oxygen atoms in total. The van der Waals surface area contributed by atoms with E-state index < -0.39 is 0 Å². The van der Waals surface area contributed by atoms with Gasteiger partial charge >= 0.3 is 0 Å². The van der Waals surface area contributed by atoms with Gasteiger partial charge in [0.05, 0.1) is 12.2 Å². The van der Waals surface area contributed by atoms with E-state index in [0.29, 0.717) is 0 Å². The van der Waals surface area contributed by atoms with Gasteiger partial charge in [-0.1, -0.05) is 24.3 Å². The number of ether oxygens (including phenoxy) is 2. The molecule has 0 spiro atoms. The average Bonchev–Trinajstić information content (AvgIpc) is 2.30. The summed E-state index contributed by atoms with van der Waals surface area (Å²) >= 11 is 0. The van der Waals surface area contributed by atoms with E-state index in [-0.39, 0.29) is 12.2 Å². The Hall–Kier alpha value is -0.860. The van der Waals surface area contributed by atoms with Crippen LogP contribution in [0.15, 0.2) is 24.3 Å². The third kappa shape index (κ3) is 3.62. The van der Waals surface area contributed by atoms with Crippen LogP contribution in [0.5, 0.6) is 0 Å². The molecular formula is C14H22O2. The summed E-state index contributed by atoms with van der Waals surface area (Å²) in [4.78, 5) is 0. The van der Waals surface area contributed by atoms with E-state index in [1.54, 1.807) is 0 Å². The normalized spacial score (nSPS) is 14.8. The third-order valence-corrected chi connectivity index (χ3v) is 2.68.